The van der Waals surface area contributed by atoms with Crippen LogP contribution in [0.1, 0.15) is 33.6 Å². The van der Waals surface area contributed by atoms with Crippen LogP contribution in [-0.2, 0) is 9.53 Å². The third-order valence-corrected chi connectivity index (χ3v) is 2.34. The summed E-state index contributed by atoms with van der Waals surface area (Å²) in [7, 11) is 0. The Hall–Kier alpha value is -0.610. The summed E-state index contributed by atoms with van der Waals surface area (Å²) in [5.41, 5.74) is 0. The molecule has 0 radical (unpaired) electrons. The number of nitrogens with zero attached hydrogens (tertiary/aromatic N) is 1. The van der Waals surface area contributed by atoms with Crippen molar-refractivity contribution < 1.29 is 14.6 Å². The SMILES string of the molecule is CCCN(CC)CCC(OCC)C(=O)O. The zero-order valence-electron chi connectivity index (χ0n) is 10.0. The number of carbonyl (C=O) groups is 1. The molecule has 0 bridgehead atoms. The Balaban J connectivity index is 3.90. The van der Waals surface area contributed by atoms with Crippen LogP contribution < -0.4 is 0 Å². The number of hydrogen-bond acceptors (Lipinski definition) is 3. The lowest BCUT2D eigenvalue weighted by atomic mass is 10.2. The van der Waals surface area contributed by atoms with Gasteiger partial charge in [0.15, 0.2) is 6.10 Å². The summed E-state index contributed by atoms with van der Waals surface area (Å²) in [5, 5.41) is 8.88. The maximum absolute atomic E-state index is 10.8. The van der Waals surface area contributed by atoms with Crippen molar-refractivity contribution in [2.45, 2.75) is 39.7 Å². The van der Waals surface area contributed by atoms with E-state index in [1.165, 1.54) is 0 Å². The van der Waals surface area contributed by atoms with Crippen molar-refractivity contribution >= 4 is 5.97 Å². The molecule has 1 unspecified atom stereocenters. The van der Waals surface area contributed by atoms with Crippen LogP contribution in [0.25, 0.3) is 0 Å². The van der Waals surface area contributed by atoms with Crippen LogP contribution in [0.5, 0.6) is 0 Å². The molecule has 0 aromatic carbocycles. The monoisotopic (exact) mass is 217 g/mol. The van der Waals surface area contributed by atoms with Crippen LogP contribution in [0, 0.1) is 0 Å². The van der Waals surface area contributed by atoms with Crippen LogP contribution in [0.4, 0.5) is 0 Å². The van der Waals surface area contributed by atoms with Gasteiger partial charge in [-0.2, -0.15) is 0 Å². The van der Waals surface area contributed by atoms with Crippen LogP contribution in [-0.4, -0.2) is 48.3 Å². The smallest absolute Gasteiger partial charge is 0.332 e. The lowest BCUT2D eigenvalue weighted by Crippen LogP contribution is -2.32. The summed E-state index contributed by atoms with van der Waals surface area (Å²) in [4.78, 5) is 13.0. The van der Waals surface area contributed by atoms with Crippen molar-refractivity contribution in [1.82, 2.24) is 4.90 Å². The summed E-state index contributed by atoms with van der Waals surface area (Å²) >= 11 is 0. The lowest BCUT2D eigenvalue weighted by Gasteiger charge is -2.21. The van der Waals surface area contributed by atoms with Gasteiger partial charge in [-0.15, -0.1) is 0 Å². The molecule has 0 amide bonds. The zero-order chi connectivity index (χ0) is 11.7. The van der Waals surface area contributed by atoms with Gasteiger partial charge in [-0.25, -0.2) is 4.79 Å². The molecule has 0 aliphatic heterocycles. The summed E-state index contributed by atoms with van der Waals surface area (Å²) < 4.78 is 5.15. The second kappa shape index (κ2) is 8.68. The first-order valence-electron chi connectivity index (χ1n) is 5.72. The first-order chi connectivity index (χ1) is 7.15. The minimum atomic E-state index is -0.857. The second-order valence-electron chi connectivity index (χ2n) is 3.51. The van der Waals surface area contributed by atoms with Crippen molar-refractivity contribution in [2.75, 3.05) is 26.2 Å². The molecule has 0 fully saturated rings. The first kappa shape index (κ1) is 14.4. The highest BCUT2D eigenvalue weighted by Gasteiger charge is 2.17. The van der Waals surface area contributed by atoms with Gasteiger partial charge in [-0.3, -0.25) is 0 Å². The standard InChI is InChI=1S/C11H23NO3/c1-4-8-12(5-2)9-7-10(11(13)14)15-6-3/h10H,4-9H2,1-3H3,(H,13,14). The van der Waals surface area contributed by atoms with Crippen molar-refractivity contribution in [2.24, 2.45) is 0 Å². The summed E-state index contributed by atoms with van der Waals surface area (Å²) in [6, 6.07) is 0. The van der Waals surface area contributed by atoms with Gasteiger partial charge >= 0.3 is 5.97 Å². The van der Waals surface area contributed by atoms with Crippen molar-refractivity contribution in [3.8, 4) is 0 Å². The third-order valence-electron chi connectivity index (χ3n) is 2.34. The van der Waals surface area contributed by atoms with Gasteiger partial charge in [-0.05, 0) is 32.9 Å². The molecule has 0 aromatic rings. The Kier molecular flexibility index (Phi) is 8.33. The van der Waals surface area contributed by atoms with E-state index in [9.17, 15) is 4.79 Å². The number of ether oxygens (including phenoxy) is 1. The summed E-state index contributed by atoms with van der Waals surface area (Å²) in [6.45, 7) is 9.27. The van der Waals surface area contributed by atoms with Gasteiger partial charge in [0, 0.05) is 13.2 Å². The van der Waals surface area contributed by atoms with Crippen molar-refractivity contribution in [1.29, 1.82) is 0 Å². The molecule has 0 saturated carbocycles. The largest absolute Gasteiger partial charge is 0.479 e. The normalized spacial score (nSPS) is 13.1. The molecule has 0 saturated heterocycles. The van der Waals surface area contributed by atoms with Crippen molar-refractivity contribution in [3.63, 3.8) is 0 Å². The van der Waals surface area contributed by atoms with Gasteiger partial charge in [0.2, 0.25) is 0 Å². The van der Waals surface area contributed by atoms with E-state index in [4.69, 9.17) is 9.84 Å². The van der Waals surface area contributed by atoms with Gasteiger partial charge in [0.1, 0.15) is 0 Å². The molecule has 90 valence electrons. The molecule has 0 aliphatic rings. The maximum atomic E-state index is 10.8. The van der Waals surface area contributed by atoms with E-state index in [0.29, 0.717) is 13.0 Å². The van der Waals surface area contributed by atoms with Crippen LogP contribution in [0.2, 0.25) is 0 Å². The molecule has 0 spiro atoms. The molecule has 1 atom stereocenters. The topological polar surface area (TPSA) is 49.8 Å². The predicted octanol–water partition coefficient (Wildman–Crippen LogP) is 1.60. The number of carboxylic acids is 1. The highest BCUT2D eigenvalue weighted by molar-refractivity contribution is 5.72. The van der Waals surface area contributed by atoms with E-state index < -0.39 is 12.1 Å². The van der Waals surface area contributed by atoms with E-state index in [2.05, 4.69) is 18.7 Å². The Labute approximate surface area is 92.2 Å². The molecule has 15 heavy (non-hydrogen) atoms. The molecule has 0 rings (SSSR count). The van der Waals surface area contributed by atoms with E-state index in [1.807, 2.05) is 6.92 Å². The Morgan fingerprint density at radius 1 is 1.33 bits per heavy atom. The van der Waals surface area contributed by atoms with E-state index in [1.54, 1.807) is 0 Å². The fourth-order valence-electron chi connectivity index (χ4n) is 1.52. The number of hydrogen-bond donors (Lipinski definition) is 1. The van der Waals surface area contributed by atoms with E-state index in [-0.39, 0.29) is 0 Å². The average molecular weight is 217 g/mol. The molecular formula is C11H23NO3. The quantitative estimate of drug-likeness (QED) is 0.637. The molecule has 0 aromatic heterocycles. The Morgan fingerprint density at radius 2 is 2.00 bits per heavy atom. The van der Waals surface area contributed by atoms with Gasteiger partial charge < -0.3 is 14.7 Å². The molecule has 4 nitrogen and oxygen atoms in total. The minimum Gasteiger partial charge on any atom is -0.479 e. The second-order valence-corrected chi connectivity index (χ2v) is 3.51. The minimum absolute atomic E-state index is 0.455. The van der Waals surface area contributed by atoms with Crippen LogP contribution >= 0.6 is 0 Å². The number of aliphatic carboxylic acids is 1. The number of carboxylic acid groups (broad SMARTS) is 1. The maximum Gasteiger partial charge on any atom is 0.332 e. The Morgan fingerprint density at radius 3 is 2.40 bits per heavy atom. The molecule has 0 heterocycles. The summed E-state index contributed by atoms with van der Waals surface area (Å²) in [5.74, 6) is -0.857. The van der Waals surface area contributed by atoms with Gasteiger partial charge in [0.05, 0.1) is 0 Å². The summed E-state index contributed by atoms with van der Waals surface area (Å²) in [6.07, 6.45) is 1.01. The first-order valence-corrected chi connectivity index (χ1v) is 5.72. The average Bonchev–Trinajstić information content (AvgIpc) is 2.21. The fourth-order valence-corrected chi connectivity index (χ4v) is 1.52. The third kappa shape index (κ3) is 6.47. The van der Waals surface area contributed by atoms with E-state index >= 15 is 0 Å². The zero-order valence-corrected chi connectivity index (χ0v) is 10.0. The van der Waals surface area contributed by atoms with Crippen LogP contribution in [0.15, 0.2) is 0 Å². The fraction of sp³-hybridized carbons (Fsp3) is 0.909. The van der Waals surface area contributed by atoms with E-state index in [0.717, 1.165) is 26.1 Å². The highest BCUT2D eigenvalue weighted by atomic mass is 16.5. The molecular weight excluding hydrogens is 194 g/mol. The number of rotatable bonds is 9. The molecule has 1 N–H and O–H groups in total. The molecule has 4 heteroatoms. The predicted molar refractivity (Wildman–Crippen MR) is 60.1 cm³/mol. The lowest BCUT2D eigenvalue weighted by molar-refractivity contribution is -0.150. The molecule has 0 aliphatic carbocycles. The van der Waals surface area contributed by atoms with Gasteiger partial charge in [-0.1, -0.05) is 13.8 Å². The van der Waals surface area contributed by atoms with Crippen molar-refractivity contribution in [3.05, 3.63) is 0 Å². The highest BCUT2D eigenvalue weighted by Crippen LogP contribution is 2.02. The Bertz CT molecular complexity index is 173. The van der Waals surface area contributed by atoms with Gasteiger partial charge in [0.25, 0.3) is 0 Å². The van der Waals surface area contributed by atoms with Crippen LogP contribution in [0.3, 0.4) is 0 Å².